The van der Waals surface area contributed by atoms with Gasteiger partial charge in [-0.1, -0.05) is 54.1 Å². The third-order valence-electron chi connectivity index (χ3n) is 7.46. The zero-order valence-electron chi connectivity index (χ0n) is 18.2. The Morgan fingerprint density at radius 1 is 0.903 bits per heavy atom. The summed E-state index contributed by atoms with van der Waals surface area (Å²) in [4.78, 5) is 20.1. The second kappa shape index (κ2) is 8.93. The maximum Gasteiger partial charge on any atom is 0.227 e. The fraction of sp³-hybridized carbons (Fsp3) is 0.500. The number of benzene rings is 2. The monoisotopic (exact) mass is 437 g/mol. The van der Waals surface area contributed by atoms with Crippen LogP contribution in [0.25, 0.3) is 0 Å². The lowest BCUT2D eigenvalue weighted by molar-refractivity contribution is -0.130. The van der Waals surface area contributed by atoms with E-state index in [-0.39, 0.29) is 5.91 Å². The highest BCUT2D eigenvalue weighted by Crippen LogP contribution is 2.42. The highest BCUT2D eigenvalue weighted by atomic mass is 35.5. The van der Waals surface area contributed by atoms with Crippen molar-refractivity contribution in [3.63, 3.8) is 0 Å². The molecule has 0 radical (unpaired) electrons. The molecule has 0 aromatic heterocycles. The van der Waals surface area contributed by atoms with Gasteiger partial charge in [-0.2, -0.15) is 0 Å². The normalized spacial score (nSPS) is 22.0. The molecule has 3 aliphatic heterocycles. The summed E-state index contributed by atoms with van der Waals surface area (Å²) in [6, 6.07) is 19.2. The average Bonchev–Trinajstić information content (AvgIpc) is 3.22. The summed E-state index contributed by atoms with van der Waals surface area (Å²) >= 11 is 5.96. The van der Waals surface area contributed by atoms with E-state index in [2.05, 4.69) is 45.0 Å². The number of likely N-dealkylation sites (tertiary alicyclic amines) is 3. The topological polar surface area (TPSA) is 26.8 Å². The summed E-state index contributed by atoms with van der Waals surface area (Å²) in [6.45, 7) is 7.63. The summed E-state index contributed by atoms with van der Waals surface area (Å²) in [6.07, 6.45) is 4.17. The molecular weight excluding hydrogens is 406 g/mol. The number of piperidine rings is 1. The van der Waals surface area contributed by atoms with Gasteiger partial charge in [-0.05, 0) is 55.6 Å². The van der Waals surface area contributed by atoms with Gasteiger partial charge in [0.05, 0.1) is 6.42 Å². The van der Waals surface area contributed by atoms with Crippen molar-refractivity contribution < 1.29 is 4.79 Å². The first-order chi connectivity index (χ1) is 15.1. The zero-order valence-corrected chi connectivity index (χ0v) is 18.9. The second-order valence-electron chi connectivity index (χ2n) is 9.77. The minimum atomic E-state index is 0.256. The van der Waals surface area contributed by atoms with Crippen LogP contribution < -0.4 is 0 Å². The average molecular weight is 438 g/mol. The van der Waals surface area contributed by atoms with Crippen molar-refractivity contribution in [1.82, 2.24) is 14.7 Å². The SMILES string of the molecule is O=C(Cc1ccc(Cl)cc1)N1CCC2(C1)CN(C1CCN(Cc3ccccc3)CC1)C2. The molecule has 31 heavy (non-hydrogen) atoms. The van der Waals surface area contributed by atoms with Crippen LogP contribution in [0, 0.1) is 5.41 Å². The van der Waals surface area contributed by atoms with Gasteiger partial charge in [-0.25, -0.2) is 0 Å². The molecule has 3 aliphatic rings. The lowest BCUT2D eigenvalue weighted by Gasteiger charge is -2.53. The van der Waals surface area contributed by atoms with Crippen molar-refractivity contribution in [2.75, 3.05) is 39.3 Å². The molecule has 2 aromatic carbocycles. The molecule has 1 spiro atoms. The lowest BCUT2D eigenvalue weighted by Crippen LogP contribution is -2.62. The van der Waals surface area contributed by atoms with Crippen LogP contribution in [-0.2, 0) is 17.8 Å². The molecule has 3 fully saturated rings. The molecule has 3 heterocycles. The highest BCUT2D eigenvalue weighted by Gasteiger charge is 2.50. The van der Waals surface area contributed by atoms with Gasteiger partial charge in [0.25, 0.3) is 0 Å². The van der Waals surface area contributed by atoms with E-state index in [0.717, 1.165) is 42.7 Å². The van der Waals surface area contributed by atoms with Crippen LogP contribution in [0.15, 0.2) is 54.6 Å². The number of carbonyl (C=O) groups excluding carboxylic acids is 1. The number of hydrogen-bond donors (Lipinski definition) is 0. The smallest absolute Gasteiger partial charge is 0.227 e. The van der Waals surface area contributed by atoms with E-state index in [4.69, 9.17) is 11.6 Å². The molecule has 0 atom stereocenters. The molecule has 0 unspecified atom stereocenters. The molecule has 0 bridgehead atoms. The summed E-state index contributed by atoms with van der Waals surface area (Å²) in [5.74, 6) is 0.256. The fourth-order valence-corrected chi connectivity index (χ4v) is 5.78. The molecule has 5 heteroatoms. The van der Waals surface area contributed by atoms with Gasteiger partial charge < -0.3 is 4.90 Å². The maximum absolute atomic E-state index is 12.8. The molecule has 2 aromatic rings. The first-order valence-corrected chi connectivity index (χ1v) is 12.0. The van der Waals surface area contributed by atoms with Crippen molar-refractivity contribution in [3.05, 3.63) is 70.7 Å². The molecule has 0 N–H and O–H groups in total. The van der Waals surface area contributed by atoms with Crippen LogP contribution >= 0.6 is 11.6 Å². The van der Waals surface area contributed by atoms with Crippen LogP contribution in [-0.4, -0.2) is 65.9 Å². The van der Waals surface area contributed by atoms with E-state index < -0.39 is 0 Å². The third-order valence-corrected chi connectivity index (χ3v) is 7.71. The third kappa shape index (κ3) is 4.82. The summed E-state index contributed by atoms with van der Waals surface area (Å²) in [7, 11) is 0. The summed E-state index contributed by atoms with van der Waals surface area (Å²) in [5, 5.41) is 0.719. The standard InChI is InChI=1S/C26H32ClN3O/c27-23-8-6-21(7-9-23)16-25(31)29-15-12-26(18-29)19-30(20-26)24-10-13-28(14-11-24)17-22-4-2-1-3-5-22/h1-9,24H,10-20H2. The predicted molar refractivity (Wildman–Crippen MR) is 125 cm³/mol. The van der Waals surface area contributed by atoms with Crippen molar-refractivity contribution in [1.29, 1.82) is 0 Å². The van der Waals surface area contributed by atoms with Gasteiger partial charge in [0.2, 0.25) is 5.91 Å². The van der Waals surface area contributed by atoms with E-state index in [1.807, 2.05) is 24.3 Å². The van der Waals surface area contributed by atoms with Crippen molar-refractivity contribution in [2.24, 2.45) is 5.41 Å². The van der Waals surface area contributed by atoms with Gasteiger partial charge in [-0.15, -0.1) is 0 Å². The minimum absolute atomic E-state index is 0.256. The Hall–Kier alpha value is -1.88. The van der Waals surface area contributed by atoms with E-state index in [1.165, 1.54) is 44.6 Å². The van der Waals surface area contributed by atoms with Crippen molar-refractivity contribution in [2.45, 2.75) is 38.3 Å². The van der Waals surface area contributed by atoms with Crippen LogP contribution in [0.3, 0.4) is 0 Å². The lowest BCUT2D eigenvalue weighted by atomic mass is 9.77. The maximum atomic E-state index is 12.8. The first kappa shape index (κ1) is 21.0. The molecule has 164 valence electrons. The van der Waals surface area contributed by atoms with Crippen LogP contribution in [0.2, 0.25) is 5.02 Å². The van der Waals surface area contributed by atoms with E-state index in [0.29, 0.717) is 11.8 Å². The number of halogens is 1. The number of hydrogen-bond acceptors (Lipinski definition) is 3. The first-order valence-electron chi connectivity index (χ1n) is 11.6. The van der Waals surface area contributed by atoms with Crippen LogP contribution in [0.4, 0.5) is 0 Å². The Labute approximate surface area is 190 Å². The van der Waals surface area contributed by atoms with Gasteiger partial charge in [-0.3, -0.25) is 14.6 Å². The largest absolute Gasteiger partial charge is 0.342 e. The molecule has 0 saturated carbocycles. The van der Waals surface area contributed by atoms with Crippen molar-refractivity contribution in [3.8, 4) is 0 Å². The van der Waals surface area contributed by atoms with Gasteiger partial charge >= 0.3 is 0 Å². The molecule has 3 saturated heterocycles. The molecule has 4 nitrogen and oxygen atoms in total. The second-order valence-corrected chi connectivity index (χ2v) is 10.2. The van der Waals surface area contributed by atoms with Crippen LogP contribution in [0.1, 0.15) is 30.4 Å². The number of nitrogens with zero attached hydrogens (tertiary/aromatic N) is 3. The van der Waals surface area contributed by atoms with Crippen molar-refractivity contribution >= 4 is 17.5 Å². The van der Waals surface area contributed by atoms with Gasteiger partial charge in [0.1, 0.15) is 0 Å². The highest BCUT2D eigenvalue weighted by molar-refractivity contribution is 6.30. The Morgan fingerprint density at radius 3 is 2.32 bits per heavy atom. The van der Waals surface area contributed by atoms with E-state index in [9.17, 15) is 4.79 Å². The number of amides is 1. The Kier molecular flexibility index (Phi) is 6.05. The Morgan fingerprint density at radius 2 is 1.61 bits per heavy atom. The summed E-state index contributed by atoms with van der Waals surface area (Å²) in [5.41, 5.74) is 2.81. The number of rotatable bonds is 5. The molecule has 5 rings (SSSR count). The number of carbonyl (C=O) groups is 1. The van der Waals surface area contributed by atoms with Crippen LogP contribution in [0.5, 0.6) is 0 Å². The van der Waals surface area contributed by atoms with E-state index in [1.54, 1.807) is 0 Å². The molecule has 0 aliphatic carbocycles. The Bertz CT molecular complexity index is 887. The predicted octanol–water partition coefficient (Wildman–Crippen LogP) is 4.08. The fourth-order valence-electron chi connectivity index (χ4n) is 5.65. The van der Waals surface area contributed by atoms with E-state index >= 15 is 0 Å². The quantitative estimate of drug-likeness (QED) is 0.705. The minimum Gasteiger partial charge on any atom is -0.342 e. The Balaban J connectivity index is 1.06. The molecule has 1 amide bonds. The van der Waals surface area contributed by atoms with Gasteiger partial charge in [0.15, 0.2) is 0 Å². The summed E-state index contributed by atoms with van der Waals surface area (Å²) < 4.78 is 0. The molecular formula is C26H32ClN3O. The van der Waals surface area contributed by atoms with Gasteiger partial charge in [0, 0.05) is 49.2 Å². The zero-order chi connectivity index (χ0) is 21.3.